The molecule has 0 spiro atoms. The topological polar surface area (TPSA) is 48.1 Å². The molecule has 0 atom stereocenters. The van der Waals surface area contributed by atoms with E-state index in [9.17, 15) is 0 Å². The molecule has 7 aromatic carbocycles. The Morgan fingerprint density at radius 1 is 0.542 bits per heavy atom. The number of rotatable bonds is 5. The Morgan fingerprint density at radius 3 is 1.96 bits per heavy atom. The van der Waals surface area contributed by atoms with E-state index in [1.54, 1.807) is 6.20 Å². The van der Waals surface area contributed by atoms with Gasteiger partial charge in [-0.3, -0.25) is 4.98 Å². The van der Waals surface area contributed by atoms with E-state index >= 15 is 0 Å². The van der Waals surface area contributed by atoms with Gasteiger partial charge in [0.05, 0.1) is 0 Å². The maximum atomic E-state index is 8.78. The average Bonchev–Trinajstić information content (AvgIpc) is 4.19. The van der Waals surface area contributed by atoms with Crippen LogP contribution in [-0.2, 0) is 37.3 Å². The number of nitrogens with zero attached hydrogens (tertiary/aromatic N) is 5. The fourth-order valence-electron chi connectivity index (χ4n) is 10.2. The summed E-state index contributed by atoms with van der Waals surface area (Å²) in [6.45, 7) is 3.92. The molecule has 6 nitrogen and oxygen atoms in total. The number of pyridine rings is 2. The molecule has 4 aromatic heterocycles. The van der Waals surface area contributed by atoms with Crippen LogP contribution in [0.3, 0.4) is 0 Å². The summed E-state index contributed by atoms with van der Waals surface area (Å²) in [6.07, 6.45) is 5.52. The molecule has 1 aliphatic heterocycles. The van der Waals surface area contributed by atoms with Gasteiger partial charge in [-0.1, -0.05) is 164 Å². The molecule has 0 saturated carbocycles. The van der Waals surface area contributed by atoms with Gasteiger partial charge in [-0.2, -0.15) is 12.1 Å². The molecule has 0 fully saturated rings. The molecular formula is C65H56N5OPt-3. The Hall–Kier alpha value is -7.40. The smallest absolute Gasteiger partial charge is 0.135 e. The maximum Gasteiger partial charge on any atom is 0.135 e. The van der Waals surface area contributed by atoms with Gasteiger partial charge in [-0.25, -0.2) is 4.98 Å². The Kier molecular flexibility index (Phi) is 9.05. The van der Waals surface area contributed by atoms with Crippen LogP contribution in [0.2, 0.25) is 0 Å². The van der Waals surface area contributed by atoms with Crippen molar-refractivity contribution in [2.45, 2.75) is 78.3 Å². The van der Waals surface area contributed by atoms with Crippen LogP contribution in [0.25, 0.3) is 82.1 Å². The van der Waals surface area contributed by atoms with E-state index in [0.29, 0.717) is 39.4 Å². The minimum absolute atomic E-state index is 0. The number of fused-ring (bicyclic) bond motifs is 10. The second kappa shape index (κ2) is 17.4. The number of hydrogen-bond donors (Lipinski definition) is 0. The van der Waals surface area contributed by atoms with Gasteiger partial charge in [-0.05, 0) is 130 Å². The largest absolute Gasteiger partial charge is 0.509 e. The van der Waals surface area contributed by atoms with Crippen molar-refractivity contribution in [1.29, 1.82) is 0 Å². The molecule has 1 aliphatic rings. The summed E-state index contributed by atoms with van der Waals surface area (Å²) < 4.78 is 90.0. The van der Waals surface area contributed by atoms with Gasteiger partial charge in [0.15, 0.2) is 0 Å². The molecule has 0 bridgehead atoms. The zero-order valence-corrected chi connectivity index (χ0v) is 43.0. The third-order valence-electron chi connectivity index (χ3n) is 13.8. The van der Waals surface area contributed by atoms with E-state index in [1.807, 2.05) is 136 Å². The summed E-state index contributed by atoms with van der Waals surface area (Å²) in [6, 6.07) is 56.3. The number of para-hydroxylation sites is 3. The van der Waals surface area contributed by atoms with Crippen molar-refractivity contribution in [2.75, 3.05) is 4.90 Å². The zero-order valence-electron chi connectivity index (χ0n) is 49.7. The summed E-state index contributed by atoms with van der Waals surface area (Å²) in [7, 11) is 0. The van der Waals surface area contributed by atoms with E-state index in [1.165, 1.54) is 12.1 Å². The van der Waals surface area contributed by atoms with Crippen molar-refractivity contribution in [3.8, 4) is 28.4 Å². The summed E-state index contributed by atoms with van der Waals surface area (Å²) >= 11 is 0. The summed E-state index contributed by atoms with van der Waals surface area (Å²) in [4.78, 5) is 11.6. The molecule has 7 heteroatoms. The molecule has 0 amide bonds. The first-order valence-corrected chi connectivity index (χ1v) is 23.9. The number of anilines is 2. The van der Waals surface area contributed by atoms with Crippen molar-refractivity contribution in [3.63, 3.8) is 0 Å². The second-order valence-corrected chi connectivity index (χ2v) is 20.6. The van der Waals surface area contributed by atoms with E-state index < -0.39 is 31.4 Å². The number of benzene rings is 7. The van der Waals surface area contributed by atoms with E-state index in [2.05, 4.69) is 95.6 Å². The molecular weight excluding hydrogens is 1060 g/mol. The minimum atomic E-state index is -3.48. The Labute approximate surface area is 449 Å². The first-order chi connectivity index (χ1) is 37.8. The molecule has 0 unspecified atom stereocenters. The van der Waals surface area contributed by atoms with Crippen LogP contribution in [0, 0.1) is 18.8 Å². The van der Waals surface area contributed by atoms with Gasteiger partial charge >= 0.3 is 0 Å². The van der Waals surface area contributed by atoms with E-state index in [0.717, 1.165) is 76.7 Å². The van der Waals surface area contributed by atoms with Crippen LogP contribution >= 0.6 is 0 Å². The monoisotopic (exact) mass is 1130 g/mol. The van der Waals surface area contributed by atoms with Gasteiger partial charge in [0.2, 0.25) is 0 Å². The molecule has 0 N–H and O–H groups in total. The van der Waals surface area contributed by atoms with Gasteiger partial charge in [0.25, 0.3) is 0 Å². The van der Waals surface area contributed by atoms with Crippen LogP contribution in [0.4, 0.5) is 11.4 Å². The van der Waals surface area contributed by atoms with Crippen molar-refractivity contribution >= 4 is 76.5 Å². The van der Waals surface area contributed by atoms with Crippen LogP contribution in [0.5, 0.6) is 11.5 Å². The van der Waals surface area contributed by atoms with Crippen LogP contribution in [-0.4, -0.2) is 19.1 Å². The Morgan fingerprint density at radius 2 is 1.19 bits per heavy atom. The second-order valence-electron chi connectivity index (χ2n) is 20.6. The predicted octanol–water partition coefficient (Wildman–Crippen LogP) is 17.2. The maximum absolute atomic E-state index is 8.78. The third kappa shape index (κ3) is 7.97. The molecule has 12 rings (SSSR count). The van der Waals surface area contributed by atoms with Crippen LogP contribution in [0.1, 0.15) is 91.1 Å². The SMILES string of the molecule is [2H]C([2H])([2H])C(c1cc(-c2cccc3c4ccccc4c4ccncc4c4cccc5c4n(c23)[CH-]N5c2[c-]c(Oc3[c-]c4c(cc3)c3ccccc3n4-c3cc(C(C)(C)C)ccn3)ccc2)cc(C(C)(C)C)c1)(C([2H])([2H])[2H])C([2H])([2H])[2H].[Pt]. The standard InChI is InChI=1S/C65H56N5O.Pt/c1-63(2,3)42-29-32-67-60(36-42)70-57-25-13-12-21-52(57)53-28-27-47(38-59(53)70)71-46-18-14-17-45(37-46)68-40-69-61-48(41-33-43(64(4,5)6)35-44(34-41)65(7,8)9)22-15-23-54(61)50-20-11-10-19-49(50)51-30-31-66-39-56(51)55-24-16-26-58(68)62(55)69;/h10-36,39-40H,1-9H3;/q-3;/i4D3,5D3,6D3;. The van der Waals surface area contributed by atoms with Crippen molar-refractivity contribution in [3.05, 3.63) is 206 Å². The zero-order chi connectivity index (χ0) is 56.5. The first kappa shape index (κ1) is 37.4. The van der Waals surface area contributed by atoms with Crippen LogP contribution in [0.15, 0.2) is 170 Å². The number of hydrogen-bond acceptors (Lipinski definition) is 4. The van der Waals surface area contributed by atoms with Crippen molar-refractivity contribution in [1.82, 2.24) is 19.1 Å². The molecule has 0 radical (unpaired) electrons. The number of aromatic nitrogens is 4. The molecule has 11 aromatic rings. The predicted molar refractivity (Wildman–Crippen MR) is 296 cm³/mol. The molecule has 0 saturated heterocycles. The fourth-order valence-corrected chi connectivity index (χ4v) is 10.2. The molecule has 5 heterocycles. The molecule has 72 heavy (non-hydrogen) atoms. The van der Waals surface area contributed by atoms with Gasteiger partial charge < -0.3 is 18.8 Å². The summed E-state index contributed by atoms with van der Waals surface area (Å²) in [5, 5.41) is 7.41. The van der Waals surface area contributed by atoms with Gasteiger partial charge in [0.1, 0.15) is 5.82 Å². The molecule has 360 valence electrons. The minimum Gasteiger partial charge on any atom is -0.509 e. The fraction of sp³-hybridized carbons (Fsp3) is 0.185. The average molecular weight is 1130 g/mol. The quantitative estimate of drug-likeness (QED) is 0.161. The van der Waals surface area contributed by atoms with E-state index in [4.69, 9.17) is 22.1 Å². The van der Waals surface area contributed by atoms with E-state index in [-0.39, 0.29) is 32.0 Å². The van der Waals surface area contributed by atoms with Gasteiger partial charge in [-0.15, -0.1) is 35.7 Å². The summed E-state index contributed by atoms with van der Waals surface area (Å²) in [5.41, 5.74) is 3.17. The van der Waals surface area contributed by atoms with Crippen molar-refractivity contribution < 1.29 is 38.1 Å². The first-order valence-electron chi connectivity index (χ1n) is 28.4. The number of ether oxygens (including phenoxy) is 1. The third-order valence-corrected chi connectivity index (χ3v) is 13.8. The van der Waals surface area contributed by atoms with Crippen LogP contribution < -0.4 is 9.64 Å². The van der Waals surface area contributed by atoms with Crippen molar-refractivity contribution in [2.24, 2.45) is 0 Å². The van der Waals surface area contributed by atoms with Gasteiger partial charge in [0, 0.05) is 74.7 Å². The normalized spacial score (nSPS) is 15.1. The Bertz CT molecular complexity index is 4350. The Balaban J connectivity index is 0.00000690. The summed E-state index contributed by atoms with van der Waals surface area (Å²) in [5.74, 6) is 1.70. The molecule has 0 aliphatic carbocycles.